The van der Waals surface area contributed by atoms with Gasteiger partial charge < -0.3 is 10.3 Å². The lowest BCUT2D eigenvalue weighted by Gasteiger charge is -2.18. The van der Waals surface area contributed by atoms with Crippen LogP contribution in [0.5, 0.6) is 0 Å². The summed E-state index contributed by atoms with van der Waals surface area (Å²) in [6, 6.07) is 1.82. The number of hydrogen-bond acceptors (Lipinski definition) is 7. The Balaban J connectivity index is 2.20. The van der Waals surface area contributed by atoms with Gasteiger partial charge in [-0.25, -0.2) is 15.8 Å². The van der Waals surface area contributed by atoms with Crippen LogP contribution < -0.4 is 16.2 Å². The van der Waals surface area contributed by atoms with Gasteiger partial charge in [-0.3, -0.25) is 4.68 Å². The molecule has 0 amide bonds. The Morgan fingerprint density at radius 1 is 1.47 bits per heavy atom. The molecule has 0 unspecified atom stereocenters. The van der Waals surface area contributed by atoms with E-state index in [9.17, 15) is 0 Å². The molecule has 0 saturated carbocycles. The highest BCUT2D eigenvalue weighted by Crippen LogP contribution is 2.20. The standard InChI is InChI=1S/C11H17N7S/c1-17(6-8-5-13-18(2)7-8)10-4-9(16-12)14-11(15-10)19-3/h4-5,7H,6,12H2,1-3H3,(H,14,15,16). The molecule has 0 atom stereocenters. The fourth-order valence-electron chi connectivity index (χ4n) is 1.68. The van der Waals surface area contributed by atoms with Gasteiger partial charge >= 0.3 is 0 Å². The van der Waals surface area contributed by atoms with E-state index in [1.807, 2.05) is 43.7 Å². The smallest absolute Gasteiger partial charge is 0.191 e. The van der Waals surface area contributed by atoms with E-state index in [1.165, 1.54) is 11.8 Å². The van der Waals surface area contributed by atoms with Crippen LogP contribution >= 0.6 is 11.8 Å². The second kappa shape index (κ2) is 5.89. The summed E-state index contributed by atoms with van der Waals surface area (Å²) in [5, 5.41) is 4.84. The van der Waals surface area contributed by atoms with Gasteiger partial charge in [0.2, 0.25) is 0 Å². The van der Waals surface area contributed by atoms with Crippen LogP contribution in [0.3, 0.4) is 0 Å². The number of nitrogens with one attached hydrogen (secondary N) is 1. The Morgan fingerprint density at radius 3 is 2.84 bits per heavy atom. The molecule has 3 N–H and O–H groups in total. The summed E-state index contributed by atoms with van der Waals surface area (Å²) in [4.78, 5) is 10.7. The molecular formula is C11H17N7S. The second-order valence-electron chi connectivity index (χ2n) is 4.12. The zero-order valence-electron chi connectivity index (χ0n) is 11.2. The van der Waals surface area contributed by atoms with Crippen molar-refractivity contribution in [2.24, 2.45) is 12.9 Å². The van der Waals surface area contributed by atoms with Crippen LogP contribution in [0.2, 0.25) is 0 Å². The maximum atomic E-state index is 5.42. The molecule has 0 aliphatic rings. The first-order chi connectivity index (χ1) is 9.12. The van der Waals surface area contributed by atoms with E-state index in [0.29, 0.717) is 11.0 Å². The first-order valence-corrected chi connectivity index (χ1v) is 6.93. The second-order valence-corrected chi connectivity index (χ2v) is 4.89. The van der Waals surface area contributed by atoms with E-state index < -0.39 is 0 Å². The van der Waals surface area contributed by atoms with E-state index in [-0.39, 0.29) is 0 Å². The van der Waals surface area contributed by atoms with Gasteiger partial charge in [-0.15, -0.1) is 0 Å². The number of rotatable bonds is 5. The molecule has 102 valence electrons. The van der Waals surface area contributed by atoms with Gasteiger partial charge in [0.15, 0.2) is 5.16 Å². The Morgan fingerprint density at radius 2 is 2.26 bits per heavy atom. The van der Waals surface area contributed by atoms with Gasteiger partial charge in [-0.05, 0) is 6.26 Å². The Labute approximate surface area is 116 Å². The van der Waals surface area contributed by atoms with Crippen LogP contribution in [0.15, 0.2) is 23.6 Å². The zero-order valence-corrected chi connectivity index (χ0v) is 12.0. The molecule has 2 aromatic rings. The third kappa shape index (κ3) is 3.36. The number of aryl methyl sites for hydroxylation is 1. The van der Waals surface area contributed by atoms with E-state index >= 15 is 0 Å². The summed E-state index contributed by atoms with van der Waals surface area (Å²) >= 11 is 1.48. The maximum absolute atomic E-state index is 5.42. The summed E-state index contributed by atoms with van der Waals surface area (Å²) in [5.74, 6) is 6.84. The predicted octanol–water partition coefficient (Wildman–Crippen LogP) is 0.854. The third-order valence-corrected chi connectivity index (χ3v) is 3.14. The van der Waals surface area contributed by atoms with Crippen molar-refractivity contribution in [3.05, 3.63) is 24.0 Å². The van der Waals surface area contributed by atoms with Gasteiger partial charge in [0, 0.05) is 38.5 Å². The van der Waals surface area contributed by atoms with Gasteiger partial charge in [0.1, 0.15) is 11.6 Å². The summed E-state index contributed by atoms with van der Waals surface area (Å²) < 4.78 is 1.78. The highest BCUT2D eigenvalue weighted by molar-refractivity contribution is 7.98. The fraction of sp³-hybridized carbons (Fsp3) is 0.364. The molecule has 2 aromatic heterocycles. The molecule has 0 spiro atoms. The molecule has 7 nitrogen and oxygen atoms in total. The topological polar surface area (TPSA) is 84.9 Å². The molecule has 0 aromatic carbocycles. The SMILES string of the molecule is CSc1nc(NN)cc(N(C)Cc2cnn(C)c2)n1. The van der Waals surface area contributed by atoms with Crippen LogP contribution in [0, 0.1) is 0 Å². The van der Waals surface area contributed by atoms with Crippen LogP contribution in [0.4, 0.5) is 11.6 Å². The highest BCUT2D eigenvalue weighted by atomic mass is 32.2. The number of nitrogens with zero attached hydrogens (tertiary/aromatic N) is 5. The minimum atomic E-state index is 0.604. The van der Waals surface area contributed by atoms with E-state index in [2.05, 4.69) is 20.5 Å². The Kier molecular flexibility index (Phi) is 4.23. The van der Waals surface area contributed by atoms with Crippen LogP contribution in [-0.4, -0.2) is 33.1 Å². The summed E-state index contributed by atoms with van der Waals surface area (Å²) in [6.45, 7) is 0.725. The van der Waals surface area contributed by atoms with Gasteiger partial charge in [-0.1, -0.05) is 11.8 Å². The lowest BCUT2D eigenvalue weighted by Crippen LogP contribution is -2.19. The molecule has 2 rings (SSSR count). The monoisotopic (exact) mass is 279 g/mol. The lowest BCUT2D eigenvalue weighted by atomic mass is 10.3. The van der Waals surface area contributed by atoms with Crippen molar-refractivity contribution in [1.29, 1.82) is 0 Å². The Bertz CT molecular complexity index is 531. The minimum absolute atomic E-state index is 0.604. The number of aromatic nitrogens is 4. The number of thioether (sulfide) groups is 1. The number of hydrazine groups is 1. The van der Waals surface area contributed by atoms with Crippen molar-refractivity contribution in [3.8, 4) is 0 Å². The molecule has 0 saturated heterocycles. The minimum Gasteiger partial charge on any atom is -0.355 e. The van der Waals surface area contributed by atoms with Crippen molar-refractivity contribution < 1.29 is 0 Å². The van der Waals surface area contributed by atoms with Crippen LogP contribution in [-0.2, 0) is 13.6 Å². The average molecular weight is 279 g/mol. The first-order valence-electron chi connectivity index (χ1n) is 5.70. The number of hydrogen-bond donors (Lipinski definition) is 2. The van der Waals surface area contributed by atoms with Crippen molar-refractivity contribution in [2.75, 3.05) is 23.6 Å². The van der Waals surface area contributed by atoms with Crippen molar-refractivity contribution in [2.45, 2.75) is 11.7 Å². The van der Waals surface area contributed by atoms with Crippen LogP contribution in [0.25, 0.3) is 0 Å². The molecule has 8 heteroatoms. The van der Waals surface area contributed by atoms with E-state index in [0.717, 1.165) is 17.9 Å². The molecule has 2 heterocycles. The lowest BCUT2D eigenvalue weighted by molar-refractivity contribution is 0.766. The van der Waals surface area contributed by atoms with Gasteiger partial charge in [0.05, 0.1) is 6.20 Å². The highest BCUT2D eigenvalue weighted by Gasteiger charge is 2.09. The summed E-state index contributed by atoms with van der Waals surface area (Å²) in [5.41, 5.74) is 3.68. The van der Waals surface area contributed by atoms with Crippen LogP contribution in [0.1, 0.15) is 5.56 Å². The molecule has 0 aliphatic carbocycles. The van der Waals surface area contributed by atoms with Crippen molar-refractivity contribution in [3.63, 3.8) is 0 Å². The molecule has 0 radical (unpaired) electrons. The number of nitrogens with two attached hydrogens (primary N) is 1. The zero-order chi connectivity index (χ0) is 13.8. The molecular weight excluding hydrogens is 262 g/mol. The Hall–Kier alpha value is -1.80. The molecule has 19 heavy (non-hydrogen) atoms. The molecule has 0 aliphatic heterocycles. The largest absolute Gasteiger partial charge is 0.355 e. The molecule has 0 fully saturated rings. The summed E-state index contributed by atoms with van der Waals surface area (Å²) in [6.07, 6.45) is 5.76. The van der Waals surface area contributed by atoms with Gasteiger partial charge in [0.25, 0.3) is 0 Å². The normalized spacial score (nSPS) is 10.5. The summed E-state index contributed by atoms with van der Waals surface area (Å²) in [7, 11) is 3.87. The number of nitrogen functional groups attached to an aromatic ring is 1. The average Bonchev–Trinajstić information content (AvgIpc) is 2.83. The fourth-order valence-corrected chi connectivity index (χ4v) is 2.06. The van der Waals surface area contributed by atoms with Crippen molar-refractivity contribution >= 4 is 23.4 Å². The number of anilines is 2. The van der Waals surface area contributed by atoms with Crippen molar-refractivity contribution in [1.82, 2.24) is 19.7 Å². The predicted molar refractivity (Wildman–Crippen MR) is 76.9 cm³/mol. The maximum Gasteiger partial charge on any atom is 0.191 e. The van der Waals surface area contributed by atoms with E-state index in [4.69, 9.17) is 5.84 Å². The van der Waals surface area contributed by atoms with E-state index in [1.54, 1.807) is 4.68 Å². The van der Waals surface area contributed by atoms with Gasteiger partial charge in [-0.2, -0.15) is 5.10 Å². The first kappa shape index (κ1) is 13.6. The third-order valence-electron chi connectivity index (χ3n) is 2.59. The molecule has 0 bridgehead atoms. The quantitative estimate of drug-likeness (QED) is 0.363.